The number of hydrogen-bond donors (Lipinski definition) is 0. The monoisotopic (exact) mass is 399 g/mol. The molecule has 30 heavy (non-hydrogen) atoms. The van der Waals surface area contributed by atoms with E-state index >= 15 is 0 Å². The van der Waals surface area contributed by atoms with Gasteiger partial charge in [-0.25, -0.2) is 0 Å². The van der Waals surface area contributed by atoms with Gasteiger partial charge >= 0.3 is 29.6 Å². The molecule has 0 radical (unpaired) electrons. The summed E-state index contributed by atoms with van der Waals surface area (Å²) < 4.78 is 0. The average Bonchev–Trinajstić information content (AvgIpc) is 3.26. The van der Waals surface area contributed by atoms with Crippen molar-refractivity contribution in [2.45, 2.75) is 12.8 Å². The van der Waals surface area contributed by atoms with Crippen molar-refractivity contribution in [2.24, 2.45) is 0 Å². The second-order valence-electron chi connectivity index (χ2n) is 6.56. The van der Waals surface area contributed by atoms with Crippen LogP contribution in [0.3, 0.4) is 0 Å². The van der Waals surface area contributed by atoms with Gasteiger partial charge in [0.05, 0.1) is 0 Å². The first-order valence-electron chi connectivity index (χ1n) is 9.41. The molecule has 1 aromatic heterocycles. The molecule has 5 heteroatoms. The first-order chi connectivity index (χ1) is 14.3. The number of rotatable bonds is 5. The van der Waals surface area contributed by atoms with Gasteiger partial charge in [0.2, 0.25) is 0 Å². The smallest absolute Gasteiger partial charge is 0.354 e. The van der Waals surface area contributed by atoms with Crippen molar-refractivity contribution in [1.82, 2.24) is 15.4 Å². The van der Waals surface area contributed by atoms with Crippen LogP contribution in [-0.4, -0.2) is 16.1 Å². The topological polar surface area (TPSA) is 57.0 Å². The van der Waals surface area contributed by atoms with Crippen LogP contribution in [0.1, 0.15) is 38.4 Å². The minimum Gasteiger partial charge on any atom is -0.354 e. The molecule has 0 aliphatic carbocycles. The number of aromatic nitrogens is 3. The predicted octanol–water partition coefficient (Wildman–Crippen LogP) is 0.854. The molecular weight excluding hydrogens is 381 g/mol. The molecule has 0 N–H and O–H groups in total. The number of hydrogen-bond acceptors (Lipinski definition) is 3. The molecule has 0 aliphatic rings. The zero-order valence-electron chi connectivity index (χ0n) is 16.7. The molecule has 0 unspecified atom stereocenters. The first kappa shape index (κ1) is 21.7. The fraction of sp³-hybridized carbons (Fsp3) is 0.0800. The Hall–Kier alpha value is -2.97. The maximum absolute atomic E-state index is 13.2. The zero-order valence-corrected chi connectivity index (χ0v) is 18.7. The number of carbonyl (C=O) groups is 1. The van der Waals surface area contributed by atoms with Crippen LogP contribution in [0.2, 0.25) is 0 Å². The second-order valence-corrected chi connectivity index (χ2v) is 6.56. The van der Waals surface area contributed by atoms with Gasteiger partial charge in [0, 0.05) is 22.4 Å². The molecule has 1 heterocycles. The van der Waals surface area contributed by atoms with Gasteiger partial charge < -0.3 is 10.2 Å². The van der Waals surface area contributed by atoms with Gasteiger partial charge in [0.1, 0.15) is 0 Å². The van der Waals surface area contributed by atoms with Gasteiger partial charge in [-0.05, 0) is 48.4 Å². The molecule has 4 rings (SSSR count). The summed E-state index contributed by atoms with van der Waals surface area (Å²) in [5.41, 5.74) is 4.17. The van der Waals surface area contributed by atoms with E-state index in [1.807, 2.05) is 66.7 Å². The molecule has 0 saturated carbocycles. The molecule has 4 aromatic rings. The molecule has 4 nitrogen and oxygen atoms in total. The van der Waals surface area contributed by atoms with Crippen LogP contribution in [0.5, 0.6) is 0 Å². The van der Waals surface area contributed by atoms with E-state index in [0.29, 0.717) is 28.9 Å². The van der Waals surface area contributed by atoms with Gasteiger partial charge in [-0.1, -0.05) is 72.5 Å². The van der Waals surface area contributed by atoms with Crippen LogP contribution in [0.4, 0.5) is 0 Å². The van der Waals surface area contributed by atoms with E-state index in [1.54, 1.807) is 6.07 Å². The maximum Gasteiger partial charge on any atom is 1.00 e. The van der Waals surface area contributed by atoms with Gasteiger partial charge in [0.15, 0.2) is 5.78 Å². The molecule has 3 aromatic carbocycles. The Bertz CT molecular complexity index is 1180. The summed E-state index contributed by atoms with van der Waals surface area (Å²) in [7, 11) is 0. The molecule has 0 spiro atoms. The summed E-state index contributed by atoms with van der Waals surface area (Å²) in [6.45, 7) is 0. The van der Waals surface area contributed by atoms with Crippen LogP contribution in [-0.2, 0) is 12.8 Å². The minimum absolute atomic E-state index is 0. The summed E-state index contributed by atoms with van der Waals surface area (Å²) in [6.07, 6.45) is 1.38. The number of ketones is 1. The third-order valence-corrected chi connectivity index (χ3v) is 4.58. The van der Waals surface area contributed by atoms with Gasteiger partial charge in [0.25, 0.3) is 0 Å². The van der Waals surface area contributed by atoms with Gasteiger partial charge in [-0.15, -0.1) is 0 Å². The van der Waals surface area contributed by atoms with E-state index in [4.69, 9.17) is 0 Å². The Morgan fingerprint density at radius 1 is 0.800 bits per heavy atom. The maximum atomic E-state index is 13.2. The van der Waals surface area contributed by atoms with Crippen LogP contribution < -0.4 is 34.7 Å². The van der Waals surface area contributed by atoms with E-state index in [2.05, 4.69) is 39.4 Å². The summed E-state index contributed by atoms with van der Waals surface area (Å²) in [6, 6.07) is 27.1. The van der Waals surface area contributed by atoms with E-state index in [-0.39, 0.29) is 35.3 Å². The Balaban J connectivity index is 0.00000256. The fourth-order valence-electron chi connectivity index (χ4n) is 3.06. The summed E-state index contributed by atoms with van der Waals surface area (Å²) in [5, 5.41) is 11.8. The van der Waals surface area contributed by atoms with Crippen LogP contribution in [0.25, 0.3) is 0 Å². The minimum atomic E-state index is -0.198. The molecule has 0 atom stereocenters. The van der Waals surface area contributed by atoms with Crippen molar-refractivity contribution in [3.63, 3.8) is 0 Å². The van der Waals surface area contributed by atoms with Crippen molar-refractivity contribution >= 4 is 5.78 Å². The Kier molecular flexibility index (Phi) is 7.75. The van der Waals surface area contributed by atoms with Crippen LogP contribution in [0.15, 0.2) is 84.9 Å². The summed E-state index contributed by atoms with van der Waals surface area (Å²) in [5.74, 6) is 6.02. The van der Waals surface area contributed by atoms with Crippen molar-refractivity contribution < 1.29 is 34.4 Å². The molecule has 140 valence electrons. The molecular formula is C25H18N3NaO. The molecule has 0 saturated heterocycles. The number of aryl methyl sites for hydroxylation is 2. The predicted molar refractivity (Wildman–Crippen MR) is 111 cm³/mol. The standard InChI is InChI=1S/C25H19N3O.Na/c29-25(24-23(26-28-27-24)18-16-20-11-5-2-6-12-20)22-14-8-7-13-21(22)17-15-19-9-3-1-4-10-19;/h1-14H,16,18H2,(H,26,27,28,29);/q;+1/p-1. The molecule has 0 bridgehead atoms. The van der Waals surface area contributed by atoms with Crippen molar-refractivity contribution in [2.75, 3.05) is 0 Å². The summed E-state index contributed by atoms with van der Waals surface area (Å²) >= 11 is 0. The van der Waals surface area contributed by atoms with Gasteiger partial charge in [-0.3, -0.25) is 10.0 Å². The van der Waals surface area contributed by atoms with Crippen LogP contribution in [0, 0.1) is 11.8 Å². The van der Waals surface area contributed by atoms with E-state index in [9.17, 15) is 4.79 Å². The van der Waals surface area contributed by atoms with Crippen molar-refractivity contribution in [1.29, 1.82) is 0 Å². The normalized spacial score (nSPS) is 9.87. The molecule has 0 aliphatic heterocycles. The van der Waals surface area contributed by atoms with E-state index in [1.165, 1.54) is 5.56 Å². The third-order valence-electron chi connectivity index (χ3n) is 4.58. The van der Waals surface area contributed by atoms with Crippen molar-refractivity contribution in [3.8, 4) is 11.8 Å². The SMILES string of the molecule is O=C(c1ccccc1C#Cc1ccccc1)c1[n-]nnc1CCc1ccccc1.[Na+]. The van der Waals surface area contributed by atoms with Crippen molar-refractivity contribution in [3.05, 3.63) is 119 Å². The number of carbonyl (C=O) groups excluding carboxylic acids is 1. The second kappa shape index (κ2) is 10.7. The van der Waals surface area contributed by atoms with Crippen LogP contribution >= 0.6 is 0 Å². The van der Waals surface area contributed by atoms with Gasteiger partial charge in [-0.2, -0.15) is 0 Å². The van der Waals surface area contributed by atoms with E-state index < -0.39 is 0 Å². The molecule has 0 fully saturated rings. The molecule has 0 amide bonds. The first-order valence-corrected chi connectivity index (χ1v) is 9.41. The number of benzene rings is 3. The number of nitrogens with zero attached hydrogens (tertiary/aromatic N) is 3. The summed E-state index contributed by atoms with van der Waals surface area (Å²) in [4.78, 5) is 13.2. The third kappa shape index (κ3) is 5.34. The Morgan fingerprint density at radius 3 is 2.23 bits per heavy atom. The fourth-order valence-corrected chi connectivity index (χ4v) is 3.06. The average molecular weight is 399 g/mol. The Morgan fingerprint density at radius 2 is 1.47 bits per heavy atom. The Labute approximate surface area is 198 Å². The largest absolute Gasteiger partial charge is 1.00 e. The quantitative estimate of drug-likeness (QED) is 0.284. The zero-order chi connectivity index (χ0) is 19.9. The van der Waals surface area contributed by atoms with E-state index in [0.717, 1.165) is 12.0 Å².